The van der Waals surface area contributed by atoms with Crippen LogP contribution in [0.4, 0.5) is 0 Å². The molecule has 5 heteroatoms. The fourth-order valence-corrected chi connectivity index (χ4v) is 1.33. The summed E-state index contributed by atoms with van der Waals surface area (Å²) in [6.45, 7) is 10.9. The Labute approximate surface area is 95.8 Å². The minimum atomic E-state index is -0.298. The standard InChI is InChI=1S/C11H21N3O2/c1-6-11(4,5)12-7-9-10(15)16-13-14(9)8(2)3/h8,12H,6-7H2,1-5H3/p+1. The zero-order chi connectivity index (χ0) is 12.3. The van der Waals surface area contributed by atoms with Gasteiger partial charge in [-0.15, -0.1) is 0 Å². The molecule has 2 N–H and O–H groups in total. The molecule has 92 valence electrons. The van der Waals surface area contributed by atoms with Crippen molar-refractivity contribution in [2.24, 2.45) is 0 Å². The molecule has 0 aliphatic heterocycles. The topological polar surface area (TPSA) is 61.9 Å². The van der Waals surface area contributed by atoms with Crippen LogP contribution in [0.5, 0.6) is 0 Å². The molecule has 0 fully saturated rings. The van der Waals surface area contributed by atoms with Crippen LogP contribution in [0.15, 0.2) is 9.32 Å². The van der Waals surface area contributed by atoms with Gasteiger partial charge in [0.05, 0.1) is 6.54 Å². The zero-order valence-electron chi connectivity index (χ0n) is 10.8. The van der Waals surface area contributed by atoms with Crippen molar-refractivity contribution in [2.45, 2.75) is 59.2 Å². The monoisotopic (exact) mass is 228 g/mol. The number of hydrogen-bond acceptors (Lipinski definition) is 3. The molecule has 0 saturated heterocycles. The second-order valence-corrected chi connectivity index (χ2v) is 4.98. The van der Waals surface area contributed by atoms with Crippen LogP contribution in [0.2, 0.25) is 0 Å². The summed E-state index contributed by atoms with van der Waals surface area (Å²) in [6.07, 6.45) is 1.00. The predicted molar refractivity (Wildman–Crippen MR) is 61.1 cm³/mol. The Kier molecular flexibility index (Phi) is 3.91. The molecule has 0 atom stereocenters. The summed E-state index contributed by atoms with van der Waals surface area (Å²) in [5.74, 6) is 0. The first kappa shape index (κ1) is 13.0. The van der Waals surface area contributed by atoms with E-state index in [0.29, 0.717) is 12.2 Å². The highest BCUT2D eigenvalue weighted by Crippen LogP contribution is 2.07. The molecule has 0 aliphatic rings. The lowest BCUT2D eigenvalue weighted by atomic mass is 10.0. The number of aromatic amines is 1. The van der Waals surface area contributed by atoms with Gasteiger partial charge in [-0.3, -0.25) is 4.52 Å². The molecular formula is C11H22N3O2+. The summed E-state index contributed by atoms with van der Waals surface area (Å²) in [4.78, 5) is 11.5. The fraction of sp³-hybridized carbons (Fsp3) is 0.818. The van der Waals surface area contributed by atoms with Crippen LogP contribution in [0.1, 0.15) is 52.8 Å². The van der Waals surface area contributed by atoms with Crippen molar-refractivity contribution in [1.82, 2.24) is 10.6 Å². The first-order chi connectivity index (χ1) is 7.37. The van der Waals surface area contributed by atoms with E-state index in [9.17, 15) is 4.79 Å². The van der Waals surface area contributed by atoms with Crippen molar-refractivity contribution in [3.05, 3.63) is 16.1 Å². The molecule has 0 aromatic carbocycles. The van der Waals surface area contributed by atoms with Gasteiger partial charge in [0, 0.05) is 5.54 Å². The van der Waals surface area contributed by atoms with Crippen molar-refractivity contribution in [3.63, 3.8) is 0 Å². The molecule has 1 aromatic rings. The molecule has 1 rings (SSSR count). The molecule has 0 bridgehead atoms. The van der Waals surface area contributed by atoms with Crippen molar-refractivity contribution in [2.75, 3.05) is 0 Å². The van der Waals surface area contributed by atoms with Gasteiger partial charge < -0.3 is 5.32 Å². The molecule has 1 aromatic heterocycles. The zero-order valence-corrected chi connectivity index (χ0v) is 10.8. The van der Waals surface area contributed by atoms with E-state index in [1.807, 2.05) is 13.8 Å². The summed E-state index contributed by atoms with van der Waals surface area (Å²) in [6, 6.07) is 0.188. The molecule has 0 amide bonds. The van der Waals surface area contributed by atoms with Crippen molar-refractivity contribution >= 4 is 0 Å². The largest absolute Gasteiger partial charge is 0.431 e. The third-order valence-corrected chi connectivity index (χ3v) is 2.90. The molecule has 5 nitrogen and oxygen atoms in total. The number of hydrogen-bond donors (Lipinski definition) is 2. The van der Waals surface area contributed by atoms with Crippen molar-refractivity contribution in [3.8, 4) is 0 Å². The van der Waals surface area contributed by atoms with Crippen LogP contribution in [0.3, 0.4) is 0 Å². The molecule has 1 heterocycles. The van der Waals surface area contributed by atoms with E-state index in [1.165, 1.54) is 0 Å². The normalized spacial score (nSPS) is 12.4. The van der Waals surface area contributed by atoms with Gasteiger partial charge in [0.1, 0.15) is 0 Å². The van der Waals surface area contributed by atoms with Crippen LogP contribution < -0.4 is 15.6 Å². The number of H-pyrrole nitrogens is 1. The number of nitrogens with one attached hydrogen (secondary N) is 2. The van der Waals surface area contributed by atoms with E-state index in [0.717, 1.165) is 6.42 Å². The van der Waals surface area contributed by atoms with Crippen molar-refractivity contribution < 1.29 is 9.20 Å². The summed E-state index contributed by atoms with van der Waals surface area (Å²) >= 11 is 0. The van der Waals surface area contributed by atoms with E-state index in [4.69, 9.17) is 4.52 Å². The van der Waals surface area contributed by atoms with Gasteiger partial charge in [-0.05, 0) is 39.4 Å². The first-order valence-corrected chi connectivity index (χ1v) is 5.74. The van der Waals surface area contributed by atoms with Crippen LogP contribution in [-0.4, -0.2) is 10.8 Å². The van der Waals surface area contributed by atoms with Gasteiger partial charge in [0.25, 0.3) is 0 Å². The molecule has 0 spiro atoms. The third kappa shape index (κ3) is 2.95. The van der Waals surface area contributed by atoms with Crippen molar-refractivity contribution in [1.29, 1.82) is 0 Å². The van der Waals surface area contributed by atoms with E-state index in [-0.39, 0.29) is 17.2 Å². The quantitative estimate of drug-likeness (QED) is 0.742. The molecule has 0 aliphatic carbocycles. The summed E-state index contributed by atoms with van der Waals surface area (Å²) in [7, 11) is 0. The minimum absolute atomic E-state index is 0.0263. The Morgan fingerprint density at radius 1 is 1.50 bits per heavy atom. The highest BCUT2D eigenvalue weighted by atomic mass is 16.5. The van der Waals surface area contributed by atoms with Gasteiger partial charge in [-0.25, -0.2) is 4.79 Å². The molecule has 0 saturated carbocycles. The maximum absolute atomic E-state index is 11.5. The number of aromatic nitrogens is 2. The Morgan fingerprint density at radius 3 is 2.62 bits per heavy atom. The Bertz CT molecular complexity index is 390. The van der Waals surface area contributed by atoms with Gasteiger partial charge in [0.15, 0.2) is 6.04 Å². The summed E-state index contributed by atoms with van der Waals surface area (Å²) < 4.78 is 6.55. The Balaban J connectivity index is 2.81. The Morgan fingerprint density at radius 2 is 2.12 bits per heavy atom. The number of rotatable bonds is 5. The van der Waals surface area contributed by atoms with Gasteiger partial charge in [0.2, 0.25) is 0 Å². The molecule has 16 heavy (non-hydrogen) atoms. The van der Waals surface area contributed by atoms with Gasteiger partial charge in [-0.2, -0.15) is 0 Å². The van der Waals surface area contributed by atoms with Crippen LogP contribution >= 0.6 is 0 Å². The highest BCUT2D eigenvalue weighted by molar-refractivity contribution is 4.86. The first-order valence-electron chi connectivity index (χ1n) is 5.74. The minimum Gasteiger partial charge on any atom is -0.302 e. The lowest BCUT2D eigenvalue weighted by Crippen LogP contribution is -2.47. The lowest BCUT2D eigenvalue weighted by molar-refractivity contribution is -0.785. The summed E-state index contributed by atoms with van der Waals surface area (Å²) in [5.41, 5.74) is 0.364. The SMILES string of the molecule is CCC(C)(C)NCc1c(=O)o[nH][n+]1C(C)C. The van der Waals surface area contributed by atoms with Crippen LogP contribution in [-0.2, 0) is 6.54 Å². The number of nitrogens with zero attached hydrogens (tertiary/aromatic N) is 1. The van der Waals surface area contributed by atoms with E-state index < -0.39 is 0 Å². The summed E-state index contributed by atoms with van der Waals surface area (Å²) in [5, 5.41) is 5.96. The van der Waals surface area contributed by atoms with E-state index in [1.54, 1.807) is 4.68 Å². The second-order valence-electron chi connectivity index (χ2n) is 4.98. The van der Waals surface area contributed by atoms with Crippen LogP contribution in [0.25, 0.3) is 0 Å². The maximum Gasteiger partial charge on any atom is 0.431 e. The molecule has 0 unspecified atom stereocenters. The van der Waals surface area contributed by atoms with Gasteiger partial charge in [-0.1, -0.05) is 11.6 Å². The van der Waals surface area contributed by atoms with E-state index >= 15 is 0 Å². The average Bonchev–Trinajstić information content (AvgIpc) is 2.57. The molecule has 0 radical (unpaired) electrons. The third-order valence-electron chi connectivity index (χ3n) is 2.90. The van der Waals surface area contributed by atoms with Gasteiger partial charge >= 0.3 is 11.3 Å². The highest BCUT2D eigenvalue weighted by Gasteiger charge is 2.25. The Hall–Kier alpha value is -1.10. The van der Waals surface area contributed by atoms with Crippen LogP contribution in [0, 0.1) is 0 Å². The lowest BCUT2D eigenvalue weighted by Gasteiger charge is -2.23. The fourth-order valence-electron chi connectivity index (χ4n) is 1.33. The molecular weight excluding hydrogens is 206 g/mol. The second kappa shape index (κ2) is 4.82. The maximum atomic E-state index is 11.5. The van der Waals surface area contributed by atoms with E-state index in [2.05, 4.69) is 31.4 Å². The average molecular weight is 228 g/mol. The smallest absolute Gasteiger partial charge is 0.302 e. The predicted octanol–water partition coefficient (Wildman–Crippen LogP) is 1.11.